The van der Waals surface area contributed by atoms with Gasteiger partial charge in [0.25, 0.3) is 5.91 Å². The van der Waals surface area contributed by atoms with Gasteiger partial charge in [0.2, 0.25) is 0 Å². The molecule has 33 heavy (non-hydrogen) atoms. The van der Waals surface area contributed by atoms with Crippen molar-refractivity contribution in [3.05, 3.63) is 53.3 Å². The molecule has 0 spiro atoms. The number of pyridine rings is 1. The molecular formula is C25H31N3O5. The molecule has 1 aromatic heterocycles. The van der Waals surface area contributed by atoms with Crippen LogP contribution in [-0.4, -0.2) is 40.5 Å². The summed E-state index contributed by atoms with van der Waals surface area (Å²) in [6.45, 7) is 8.60. The lowest BCUT2D eigenvalue weighted by molar-refractivity contribution is -0.122. The van der Waals surface area contributed by atoms with Crippen molar-refractivity contribution in [2.75, 3.05) is 5.32 Å². The fraction of sp³-hybridized carbons (Fsp3) is 0.440. The van der Waals surface area contributed by atoms with E-state index >= 15 is 0 Å². The molecule has 2 unspecified atom stereocenters. The molecule has 1 aliphatic rings. The van der Waals surface area contributed by atoms with Gasteiger partial charge in [-0.25, -0.2) is 4.79 Å². The van der Waals surface area contributed by atoms with Crippen LogP contribution in [0.1, 0.15) is 62.7 Å². The number of nitrogens with one attached hydrogen (secondary N) is 2. The van der Waals surface area contributed by atoms with Gasteiger partial charge in [-0.15, -0.1) is 0 Å². The monoisotopic (exact) mass is 453 g/mol. The van der Waals surface area contributed by atoms with Gasteiger partial charge in [-0.1, -0.05) is 12.1 Å². The van der Waals surface area contributed by atoms with Gasteiger partial charge < -0.3 is 20.1 Å². The van der Waals surface area contributed by atoms with Gasteiger partial charge in [0.1, 0.15) is 11.4 Å². The van der Waals surface area contributed by atoms with E-state index in [0.717, 1.165) is 24.1 Å². The third-order valence-electron chi connectivity index (χ3n) is 5.17. The Morgan fingerprint density at radius 2 is 1.94 bits per heavy atom. The van der Waals surface area contributed by atoms with E-state index in [2.05, 4.69) is 15.6 Å². The molecule has 1 aromatic carbocycles. The van der Waals surface area contributed by atoms with Crippen molar-refractivity contribution in [3.63, 3.8) is 0 Å². The number of rotatable bonds is 6. The number of ketones is 1. The zero-order chi connectivity index (χ0) is 24.2. The highest BCUT2D eigenvalue weighted by atomic mass is 16.6. The minimum absolute atomic E-state index is 0.0593. The van der Waals surface area contributed by atoms with Crippen LogP contribution in [-0.2, 0) is 22.4 Å². The van der Waals surface area contributed by atoms with Gasteiger partial charge in [0.15, 0.2) is 11.9 Å². The summed E-state index contributed by atoms with van der Waals surface area (Å²) in [5, 5.41) is 5.74. The lowest BCUT2D eigenvalue weighted by Gasteiger charge is -2.27. The molecule has 0 saturated carbocycles. The van der Waals surface area contributed by atoms with E-state index in [0.29, 0.717) is 23.4 Å². The summed E-state index contributed by atoms with van der Waals surface area (Å²) >= 11 is 0. The summed E-state index contributed by atoms with van der Waals surface area (Å²) in [4.78, 5) is 40.8. The lowest BCUT2D eigenvalue weighted by atomic mass is 9.91. The summed E-state index contributed by atoms with van der Waals surface area (Å²) in [5.41, 5.74) is 2.46. The lowest BCUT2D eigenvalue weighted by Crippen LogP contribution is -2.42. The molecule has 176 valence electrons. The number of carbonyl (C=O) groups is 3. The predicted octanol–water partition coefficient (Wildman–Crippen LogP) is 4.07. The normalized spacial score (nSPS) is 16.2. The number of ether oxygens (including phenoxy) is 2. The number of alkyl carbamates (subject to hydrolysis) is 1. The molecule has 2 amide bonds. The van der Waals surface area contributed by atoms with Gasteiger partial charge in [0, 0.05) is 17.3 Å². The summed E-state index contributed by atoms with van der Waals surface area (Å²) in [5.74, 6) is 0.0475. The van der Waals surface area contributed by atoms with Crippen molar-refractivity contribution in [2.45, 2.75) is 71.6 Å². The number of Topliss-reactive ketones (excluding diaryl/α,β-unsaturated/α-hetero) is 1. The smallest absolute Gasteiger partial charge is 0.407 e. The van der Waals surface area contributed by atoms with Crippen LogP contribution in [0.3, 0.4) is 0 Å². The van der Waals surface area contributed by atoms with Crippen LogP contribution in [0.15, 0.2) is 36.5 Å². The third kappa shape index (κ3) is 7.03. The largest absolute Gasteiger partial charge is 0.481 e. The maximum absolute atomic E-state index is 12.6. The van der Waals surface area contributed by atoms with Crippen molar-refractivity contribution < 1.29 is 23.9 Å². The maximum atomic E-state index is 12.6. The molecule has 1 aliphatic carbocycles. The zero-order valence-corrected chi connectivity index (χ0v) is 19.7. The number of nitrogens with zero attached hydrogens (tertiary/aromatic N) is 1. The molecule has 0 saturated heterocycles. The molecular weight excluding hydrogens is 422 g/mol. The first kappa shape index (κ1) is 24.2. The first-order valence-electron chi connectivity index (χ1n) is 11.1. The van der Waals surface area contributed by atoms with E-state index in [4.69, 9.17) is 9.47 Å². The molecule has 0 aliphatic heterocycles. The van der Waals surface area contributed by atoms with E-state index in [1.165, 1.54) is 6.92 Å². The van der Waals surface area contributed by atoms with Crippen molar-refractivity contribution in [3.8, 4) is 5.75 Å². The number of hydrogen-bond donors (Lipinski definition) is 2. The average Bonchev–Trinajstić information content (AvgIpc) is 2.72. The molecule has 2 atom stereocenters. The summed E-state index contributed by atoms with van der Waals surface area (Å²) in [6.07, 6.45) is 2.53. The van der Waals surface area contributed by atoms with Gasteiger partial charge in [-0.05, 0) is 77.6 Å². The van der Waals surface area contributed by atoms with E-state index in [-0.39, 0.29) is 17.7 Å². The Kier molecular flexibility index (Phi) is 7.36. The second-order valence-corrected chi connectivity index (χ2v) is 9.25. The first-order chi connectivity index (χ1) is 15.5. The van der Waals surface area contributed by atoms with E-state index < -0.39 is 17.8 Å². The summed E-state index contributed by atoms with van der Waals surface area (Å²) in [7, 11) is 0. The number of amides is 2. The molecule has 2 aromatic rings. The number of carbonyl (C=O) groups excluding carboxylic acids is 3. The zero-order valence-electron chi connectivity index (χ0n) is 19.7. The van der Waals surface area contributed by atoms with E-state index in [1.54, 1.807) is 37.4 Å². The van der Waals surface area contributed by atoms with Crippen molar-refractivity contribution >= 4 is 23.5 Å². The number of aryl methyl sites for hydroxylation is 1. The Morgan fingerprint density at radius 3 is 2.64 bits per heavy atom. The van der Waals surface area contributed by atoms with Crippen molar-refractivity contribution in [1.29, 1.82) is 0 Å². The number of hydrogen-bond acceptors (Lipinski definition) is 6. The number of aromatic nitrogens is 1. The highest BCUT2D eigenvalue weighted by Crippen LogP contribution is 2.23. The van der Waals surface area contributed by atoms with Crippen LogP contribution in [0.25, 0.3) is 0 Å². The molecule has 0 fully saturated rings. The van der Waals surface area contributed by atoms with Gasteiger partial charge >= 0.3 is 6.09 Å². The molecule has 3 rings (SSSR count). The molecule has 8 nitrogen and oxygen atoms in total. The molecule has 8 heteroatoms. The Hall–Kier alpha value is -3.42. The van der Waals surface area contributed by atoms with Crippen LogP contribution < -0.4 is 15.4 Å². The van der Waals surface area contributed by atoms with Crippen LogP contribution in [0.5, 0.6) is 5.75 Å². The average molecular weight is 454 g/mol. The minimum atomic E-state index is -0.773. The standard InChI is InChI=1S/C25H31N3O5/c1-15(29)17-7-6-8-21(13-17)32-16(2)23(30)27-20-12-18-11-19(9-10-22(18)26-14-20)28-24(31)33-25(3,4)5/h6-8,12-14,16,19H,9-11H2,1-5H3,(H,27,30)(H,28,31). The minimum Gasteiger partial charge on any atom is -0.481 e. The topological polar surface area (TPSA) is 107 Å². The molecule has 0 radical (unpaired) electrons. The highest BCUT2D eigenvalue weighted by molar-refractivity contribution is 5.95. The Morgan fingerprint density at radius 1 is 1.18 bits per heavy atom. The van der Waals surface area contributed by atoms with Gasteiger partial charge in [-0.3, -0.25) is 14.6 Å². The second-order valence-electron chi connectivity index (χ2n) is 9.25. The predicted molar refractivity (Wildman–Crippen MR) is 125 cm³/mol. The van der Waals surface area contributed by atoms with Gasteiger partial charge in [-0.2, -0.15) is 0 Å². The fourth-order valence-corrected chi connectivity index (χ4v) is 3.57. The molecule has 0 bridgehead atoms. The molecule has 1 heterocycles. The highest BCUT2D eigenvalue weighted by Gasteiger charge is 2.25. The SMILES string of the molecule is CC(=O)c1cccc(OC(C)C(=O)Nc2cnc3c(c2)CC(NC(=O)OC(C)(C)C)CC3)c1. The summed E-state index contributed by atoms with van der Waals surface area (Å²) in [6, 6.07) is 8.55. The van der Waals surface area contributed by atoms with E-state index in [9.17, 15) is 14.4 Å². The third-order valence-corrected chi connectivity index (χ3v) is 5.17. The first-order valence-corrected chi connectivity index (χ1v) is 11.1. The Balaban J connectivity index is 1.60. The second kappa shape index (κ2) is 10.0. The van der Waals surface area contributed by atoms with Crippen LogP contribution in [0, 0.1) is 0 Å². The molecule has 2 N–H and O–H groups in total. The van der Waals surface area contributed by atoms with Crippen molar-refractivity contribution in [2.24, 2.45) is 0 Å². The number of anilines is 1. The Labute approximate surface area is 194 Å². The van der Waals surface area contributed by atoms with Crippen LogP contribution in [0.2, 0.25) is 0 Å². The van der Waals surface area contributed by atoms with E-state index in [1.807, 2.05) is 26.8 Å². The summed E-state index contributed by atoms with van der Waals surface area (Å²) < 4.78 is 11.1. The van der Waals surface area contributed by atoms with Crippen molar-refractivity contribution in [1.82, 2.24) is 10.3 Å². The Bertz CT molecular complexity index is 1040. The maximum Gasteiger partial charge on any atom is 0.407 e. The van der Waals surface area contributed by atoms with Crippen LogP contribution >= 0.6 is 0 Å². The number of benzene rings is 1. The van der Waals surface area contributed by atoms with Crippen LogP contribution in [0.4, 0.5) is 10.5 Å². The number of fused-ring (bicyclic) bond motifs is 1. The van der Waals surface area contributed by atoms with Gasteiger partial charge in [0.05, 0.1) is 11.9 Å². The fourth-order valence-electron chi connectivity index (χ4n) is 3.57. The quantitative estimate of drug-likeness (QED) is 0.639.